The number of methoxy groups -OCH3 is 1. The van der Waals surface area contributed by atoms with Gasteiger partial charge in [-0.15, -0.1) is 11.3 Å². The van der Waals surface area contributed by atoms with Crippen molar-refractivity contribution in [1.82, 2.24) is 4.98 Å². The number of Topliss-reactive ketones (excluding diaryl/α,β-unsaturated/α-hetero) is 1. The predicted octanol–water partition coefficient (Wildman–Crippen LogP) is 3.47. The molecule has 0 spiro atoms. The van der Waals surface area contributed by atoms with Crippen LogP contribution in [0.1, 0.15) is 47.7 Å². The zero-order valence-electron chi connectivity index (χ0n) is 12.1. The third-order valence-electron chi connectivity index (χ3n) is 4.05. The van der Waals surface area contributed by atoms with E-state index in [4.69, 9.17) is 4.74 Å². The predicted molar refractivity (Wildman–Crippen MR) is 77.7 cm³/mol. The smallest absolute Gasteiger partial charge is 0.168 e. The molecule has 0 radical (unpaired) electrons. The average molecular weight is 281 g/mol. The molecule has 0 aromatic carbocycles. The van der Waals surface area contributed by atoms with Gasteiger partial charge >= 0.3 is 0 Å². The molecule has 0 N–H and O–H groups in total. The van der Waals surface area contributed by atoms with Crippen molar-refractivity contribution in [3.8, 4) is 0 Å². The van der Waals surface area contributed by atoms with Crippen molar-refractivity contribution >= 4 is 17.1 Å². The maximum Gasteiger partial charge on any atom is 0.168 e. The Morgan fingerprint density at radius 1 is 1.37 bits per heavy atom. The van der Waals surface area contributed by atoms with Gasteiger partial charge in [0, 0.05) is 12.0 Å². The largest absolute Gasteiger partial charge is 0.373 e. The van der Waals surface area contributed by atoms with Crippen LogP contribution in [0.25, 0.3) is 0 Å². The standard InChI is InChI=1S/C15H23NO2S/c1-10-11(2)19-14(16-10)9-13(17)15(18-3)12-7-5-4-6-8-12/h12,15H,4-9H2,1-3H3. The topological polar surface area (TPSA) is 39.2 Å². The molecule has 1 aromatic rings. The van der Waals surface area contributed by atoms with Crippen molar-refractivity contribution in [2.45, 2.75) is 58.5 Å². The summed E-state index contributed by atoms with van der Waals surface area (Å²) in [5, 5.41) is 0.929. The van der Waals surface area contributed by atoms with E-state index in [0.29, 0.717) is 12.3 Å². The summed E-state index contributed by atoms with van der Waals surface area (Å²) in [6, 6.07) is 0. The molecule has 106 valence electrons. The highest BCUT2D eigenvalue weighted by molar-refractivity contribution is 7.11. The number of rotatable bonds is 5. The summed E-state index contributed by atoms with van der Waals surface area (Å²) in [6.07, 6.45) is 6.20. The average Bonchev–Trinajstić information content (AvgIpc) is 2.70. The molecule has 1 saturated carbocycles. The molecule has 1 unspecified atom stereocenters. The lowest BCUT2D eigenvalue weighted by Gasteiger charge is -2.28. The molecule has 1 aliphatic rings. The highest BCUT2D eigenvalue weighted by atomic mass is 32.1. The summed E-state index contributed by atoms with van der Waals surface area (Å²) >= 11 is 1.63. The normalized spacial score (nSPS) is 18.5. The second-order valence-corrected chi connectivity index (χ2v) is 6.73. The molecule has 0 amide bonds. The number of aryl methyl sites for hydroxylation is 2. The van der Waals surface area contributed by atoms with Crippen LogP contribution < -0.4 is 0 Å². The van der Waals surface area contributed by atoms with E-state index in [1.165, 1.54) is 24.1 Å². The van der Waals surface area contributed by atoms with Gasteiger partial charge in [0.05, 0.1) is 12.1 Å². The van der Waals surface area contributed by atoms with Gasteiger partial charge in [0.1, 0.15) is 11.1 Å². The molecule has 0 bridgehead atoms. The fourth-order valence-electron chi connectivity index (χ4n) is 2.89. The molecule has 1 atom stereocenters. The van der Waals surface area contributed by atoms with E-state index < -0.39 is 0 Å². The monoisotopic (exact) mass is 281 g/mol. The van der Waals surface area contributed by atoms with Crippen LogP contribution in [-0.4, -0.2) is 24.0 Å². The van der Waals surface area contributed by atoms with Crippen LogP contribution in [0.2, 0.25) is 0 Å². The maximum absolute atomic E-state index is 12.4. The van der Waals surface area contributed by atoms with Crippen molar-refractivity contribution in [2.24, 2.45) is 5.92 Å². The Bertz CT molecular complexity index is 416. The zero-order valence-corrected chi connectivity index (χ0v) is 12.9. The van der Waals surface area contributed by atoms with E-state index in [1.807, 2.05) is 6.92 Å². The van der Waals surface area contributed by atoms with E-state index in [1.54, 1.807) is 18.4 Å². The Kier molecular flexibility index (Phi) is 5.11. The second kappa shape index (κ2) is 6.62. The molecule has 3 nitrogen and oxygen atoms in total. The van der Waals surface area contributed by atoms with Crippen LogP contribution in [0.4, 0.5) is 0 Å². The van der Waals surface area contributed by atoms with Gasteiger partial charge in [0.15, 0.2) is 5.78 Å². The van der Waals surface area contributed by atoms with Crippen molar-refractivity contribution in [1.29, 1.82) is 0 Å². The first kappa shape index (κ1) is 14.7. The van der Waals surface area contributed by atoms with Crippen LogP contribution in [0.15, 0.2) is 0 Å². The second-order valence-electron chi connectivity index (χ2n) is 5.45. The number of hydrogen-bond acceptors (Lipinski definition) is 4. The number of aromatic nitrogens is 1. The van der Waals surface area contributed by atoms with Crippen molar-refractivity contribution in [3.05, 3.63) is 15.6 Å². The van der Waals surface area contributed by atoms with Gasteiger partial charge in [-0.25, -0.2) is 4.98 Å². The van der Waals surface area contributed by atoms with E-state index in [-0.39, 0.29) is 11.9 Å². The lowest BCUT2D eigenvalue weighted by atomic mass is 9.83. The van der Waals surface area contributed by atoms with E-state index >= 15 is 0 Å². The van der Waals surface area contributed by atoms with Crippen LogP contribution in [0.5, 0.6) is 0 Å². The third-order valence-corrected chi connectivity index (χ3v) is 5.12. The molecule has 1 heterocycles. The molecular weight excluding hydrogens is 258 g/mol. The number of carbonyl (C=O) groups excluding carboxylic acids is 1. The number of ether oxygens (including phenoxy) is 1. The minimum Gasteiger partial charge on any atom is -0.373 e. The molecule has 2 rings (SSSR count). The minimum atomic E-state index is -0.232. The first-order valence-corrected chi connectivity index (χ1v) is 7.92. The first-order valence-electron chi connectivity index (χ1n) is 7.10. The van der Waals surface area contributed by atoms with Crippen LogP contribution in [0, 0.1) is 19.8 Å². The lowest BCUT2D eigenvalue weighted by Crippen LogP contribution is -2.34. The summed E-state index contributed by atoms with van der Waals surface area (Å²) in [4.78, 5) is 18.1. The zero-order chi connectivity index (χ0) is 13.8. The Morgan fingerprint density at radius 2 is 2.05 bits per heavy atom. The molecule has 1 aromatic heterocycles. The van der Waals surface area contributed by atoms with Gasteiger partial charge in [0.2, 0.25) is 0 Å². The van der Waals surface area contributed by atoms with Gasteiger partial charge in [0.25, 0.3) is 0 Å². The quantitative estimate of drug-likeness (QED) is 0.829. The van der Waals surface area contributed by atoms with Crippen molar-refractivity contribution in [2.75, 3.05) is 7.11 Å². The highest BCUT2D eigenvalue weighted by Gasteiger charge is 2.29. The molecule has 4 heteroatoms. The highest BCUT2D eigenvalue weighted by Crippen LogP contribution is 2.29. The molecular formula is C15H23NO2S. The van der Waals surface area contributed by atoms with E-state index in [9.17, 15) is 4.79 Å². The Balaban J connectivity index is 1.99. The van der Waals surface area contributed by atoms with E-state index in [0.717, 1.165) is 23.5 Å². The van der Waals surface area contributed by atoms with Crippen molar-refractivity contribution < 1.29 is 9.53 Å². The maximum atomic E-state index is 12.4. The number of thiazole rings is 1. The summed E-state index contributed by atoms with van der Waals surface area (Å²) in [5.74, 6) is 0.608. The lowest BCUT2D eigenvalue weighted by molar-refractivity contribution is -0.132. The van der Waals surface area contributed by atoms with Crippen LogP contribution in [-0.2, 0) is 16.0 Å². The van der Waals surface area contributed by atoms with Crippen LogP contribution in [0.3, 0.4) is 0 Å². The fourth-order valence-corrected chi connectivity index (χ4v) is 3.83. The Hall–Kier alpha value is -0.740. The summed E-state index contributed by atoms with van der Waals surface area (Å²) in [7, 11) is 1.66. The summed E-state index contributed by atoms with van der Waals surface area (Å²) in [5.41, 5.74) is 1.04. The van der Waals surface area contributed by atoms with Gasteiger partial charge in [-0.3, -0.25) is 4.79 Å². The Labute approximate surface area is 119 Å². The van der Waals surface area contributed by atoms with Gasteiger partial charge in [-0.05, 0) is 32.6 Å². The number of nitrogens with zero attached hydrogens (tertiary/aromatic N) is 1. The third kappa shape index (κ3) is 3.63. The SMILES string of the molecule is COC(C(=O)Cc1nc(C)c(C)s1)C1CCCCC1. The molecule has 1 fully saturated rings. The molecule has 1 aliphatic carbocycles. The number of ketones is 1. The van der Waals surface area contributed by atoms with Gasteiger partial charge in [-0.2, -0.15) is 0 Å². The summed E-state index contributed by atoms with van der Waals surface area (Å²) in [6.45, 7) is 4.05. The van der Waals surface area contributed by atoms with Crippen LogP contribution >= 0.6 is 11.3 Å². The Morgan fingerprint density at radius 3 is 2.58 bits per heavy atom. The fraction of sp³-hybridized carbons (Fsp3) is 0.733. The molecule has 19 heavy (non-hydrogen) atoms. The van der Waals surface area contributed by atoms with Gasteiger partial charge < -0.3 is 4.74 Å². The number of carbonyl (C=O) groups is 1. The minimum absolute atomic E-state index is 0.197. The van der Waals surface area contributed by atoms with E-state index in [2.05, 4.69) is 11.9 Å². The van der Waals surface area contributed by atoms with Gasteiger partial charge in [-0.1, -0.05) is 19.3 Å². The number of hydrogen-bond donors (Lipinski definition) is 0. The van der Waals surface area contributed by atoms with Crippen molar-refractivity contribution in [3.63, 3.8) is 0 Å². The molecule has 0 saturated heterocycles. The molecule has 0 aliphatic heterocycles. The summed E-state index contributed by atoms with van der Waals surface area (Å²) < 4.78 is 5.49. The first-order chi connectivity index (χ1) is 9.11.